The molecular formula is C23H25NO7. The van der Waals surface area contributed by atoms with Gasteiger partial charge >= 0.3 is 12.1 Å². The standard InChI is InChI=1S/C23H25NO7/c1-15(8-6-7-11-20(26)27)21(17-12-13-19(30-2)18(25)14-17)31-23(29)24-22(28)16-9-4-3-5-10-16/h3-5,7,9-15,21,25H,6,8H2,1-2H3,(H,26,27)(H,24,28,29)/b11-7+/t15-,21+/m0/s1. The second kappa shape index (κ2) is 11.4. The van der Waals surface area contributed by atoms with Crippen LogP contribution in [0.1, 0.15) is 41.8 Å². The molecule has 0 radical (unpaired) electrons. The number of imide groups is 1. The largest absolute Gasteiger partial charge is 0.504 e. The fraction of sp³-hybridized carbons (Fsp3) is 0.261. The average Bonchev–Trinajstić information content (AvgIpc) is 2.75. The average molecular weight is 427 g/mol. The number of alkyl carbamates (subject to hydrolysis) is 1. The maximum atomic E-state index is 12.4. The van der Waals surface area contributed by atoms with Crippen LogP contribution < -0.4 is 10.1 Å². The smallest absolute Gasteiger partial charge is 0.414 e. The lowest BCUT2D eigenvalue weighted by atomic mass is 9.92. The highest BCUT2D eigenvalue weighted by atomic mass is 16.6. The highest BCUT2D eigenvalue weighted by molar-refractivity contribution is 6.02. The molecule has 0 fully saturated rings. The summed E-state index contributed by atoms with van der Waals surface area (Å²) in [5.74, 6) is -1.74. The molecule has 0 aliphatic heterocycles. The number of amides is 2. The summed E-state index contributed by atoms with van der Waals surface area (Å²) in [4.78, 5) is 35.3. The van der Waals surface area contributed by atoms with Crippen LogP contribution >= 0.6 is 0 Å². The molecule has 3 N–H and O–H groups in total. The van der Waals surface area contributed by atoms with Gasteiger partial charge in [-0.3, -0.25) is 10.1 Å². The molecule has 0 saturated heterocycles. The van der Waals surface area contributed by atoms with Crippen molar-refractivity contribution in [2.75, 3.05) is 7.11 Å². The molecule has 2 aromatic rings. The van der Waals surface area contributed by atoms with Crippen LogP contribution in [-0.2, 0) is 9.53 Å². The molecule has 0 bridgehead atoms. The number of hydrogen-bond donors (Lipinski definition) is 3. The van der Waals surface area contributed by atoms with Crippen molar-refractivity contribution in [2.24, 2.45) is 5.92 Å². The van der Waals surface area contributed by atoms with Crippen molar-refractivity contribution in [3.05, 3.63) is 71.8 Å². The van der Waals surface area contributed by atoms with Gasteiger partial charge in [-0.05, 0) is 48.6 Å². The van der Waals surface area contributed by atoms with Gasteiger partial charge < -0.3 is 19.7 Å². The Morgan fingerprint density at radius 2 is 1.84 bits per heavy atom. The molecule has 2 aromatic carbocycles. The van der Waals surface area contributed by atoms with Crippen LogP contribution in [0, 0.1) is 5.92 Å². The molecule has 164 valence electrons. The van der Waals surface area contributed by atoms with Crippen LogP contribution in [0.2, 0.25) is 0 Å². The fourth-order valence-corrected chi connectivity index (χ4v) is 2.99. The number of aliphatic carboxylic acids is 1. The summed E-state index contributed by atoms with van der Waals surface area (Å²) >= 11 is 0. The minimum absolute atomic E-state index is 0.118. The van der Waals surface area contributed by atoms with Crippen molar-refractivity contribution in [2.45, 2.75) is 25.9 Å². The monoisotopic (exact) mass is 427 g/mol. The number of carbonyl (C=O) groups excluding carboxylic acids is 2. The zero-order chi connectivity index (χ0) is 22.8. The van der Waals surface area contributed by atoms with E-state index in [1.165, 1.54) is 19.3 Å². The van der Waals surface area contributed by atoms with Crippen LogP contribution in [0.3, 0.4) is 0 Å². The summed E-state index contributed by atoms with van der Waals surface area (Å²) in [5, 5.41) is 21.0. The number of ether oxygens (including phenoxy) is 2. The predicted molar refractivity (Wildman–Crippen MR) is 113 cm³/mol. The number of aromatic hydroxyl groups is 1. The summed E-state index contributed by atoms with van der Waals surface area (Å²) in [6, 6.07) is 12.9. The molecule has 2 rings (SSSR count). The van der Waals surface area contributed by atoms with E-state index in [0.29, 0.717) is 24.0 Å². The number of phenolic OH excluding ortho intramolecular Hbond substituents is 1. The van der Waals surface area contributed by atoms with Gasteiger partial charge in [0.05, 0.1) is 7.11 Å². The normalized spacial score (nSPS) is 12.7. The van der Waals surface area contributed by atoms with Crippen molar-refractivity contribution >= 4 is 18.0 Å². The van der Waals surface area contributed by atoms with Gasteiger partial charge in [-0.2, -0.15) is 0 Å². The number of allylic oxidation sites excluding steroid dienone is 1. The van der Waals surface area contributed by atoms with Gasteiger partial charge in [-0.1, -0.05) is 37.3 Å². The van der Waals surface area contributed by atoms with Crippen molar-refractivity contribution in [1.82, 2.24) is 5.32 Å². The third-order valence-corrected chi connectivity index (χ3v) is 4.58. The SMILES string of the molecule is COc1ccc([C@H](OC(=O)NC(=O)c2ccccc2)[C@@H](C)CC/C=C/C(=O)O)cc1O. The lowest BCUT2D eigenvalue weighted by molar-refractivity contribution is -0.131. The molecule has 0 heterocycles. The molecule has 0 aliphatic rings. The number of methoxy groups -OCH3 is 1. The molecule has 8 nitrogen and oxygen atoms in total. The Morgan fingerprint density at radius 1 is 1.13 bits per heavy atom. The maximum absolute atomic E-state index is 12.4. The second-order valence-electron chi connectivity index (χ2n) is 6.87. The zero-order valence-corrected chi connectivity index (χ0v) is 17.3. The molecule has 8 heteroatoms. The van der Waals surface area contributed by atoms with Crippen LogP contribution in [0.15, 0.2) is 60.7 Å². The van der Waals surface area contributed by atoms with Gasteiger partial charge in [0.2, 0.25) is 0 Å². The Hall–Kier alpha value is -3.81. The summed E-state index contributed by atoms with van der Waals surface area (Å²) in [6.45, 7) is 1.83. The van der Waals surface area contributed by atoms with E-state index >= 15 is 0 Å². The third-order valence-electron chi connectivity index (χ3n) is 4.58. The van der Waals surface area contributed by atoms with Gasteiger partial charge in [0.15, 0.2) is 11.5 Å². The first-order valence-electron chi connectivity index (χ1n) is 9.65. The second-order valence-corrected chi connectivity index (χ2v) is 6.87. The van der Waals surface area contributed by atoms with Gasteiger partial charge in [0.25, 0.3) is 5.91 Å². The van der Waals surface area contributed by atoms with E-state index in [0.717, 1.165) is 6.08 Å². The van der Waals surface area contributed by atoms with Gasteiger partial charge in [-0.15, -0.1) is 0 Å². The first-order valence-corrected chi connectivity index (χ1v) is 9.65. The van der Waals surface area contributed by atoms with E-state index in [2.05, 4.69) is 5.32 Å². The van der Waals surface area contributed by atoms with Crippen LogP contribution in [0.5, 0.6) is 11.5 Å². The van der Waals surface area contributed by atoms with E-state index in [1.54, 1.807) is 42.5 Å². The lowest BCUT2D eigenvalue weighted by Crippen LogP contribution is -2.33. The van der Waals surface area contributed by atoms with Gasteiger partial charge in [-0.25, -0.2) is 9.59 Å². The highest BCUT2D eigenvalue weighted by Gasteiger charge is 2.25. The Morgan fingerprint density at radius 3 is 2.45 bits per heavy atom. The molecule has 0 saturated carbocycles. The number of phenols is 1. The number of carbonyl (C=O) groups is 3. The van der Waals surface area contributed by atoms with Crippen molar-refractivity contribution in [3.63, 3.8) is 0 Å². The van der Waals surface area contributed by atoms with E-state index in [4.69, 9.17) is 14.6 Å². The zero-order valence-electron chi connectivity index (χ0n) is 17.3. The van der Waals surface area contributed by atoms with E-state index in [9.17, 15) is 19.5 Å². The quantitative estimate of drug-likeness (QED) is 0.516. The fourth-order valence-electron chi connectivity index (χ4n) is 2.99. The molecular weight excluding hydrogens is 402 g/mol. The minimum atomic E-state index is -1.04. The van der Waals surface area contributed by atoms with Crippen LogP contribution in [0.4, 0.5) is 4.79 Å². The van der Waals surface area contributed by atoms with Crippen LogP contribution in [0.25, 0.3) is 0 Å². The third kappa shape index (κ3) is 7.18. The van der Waals surface area contributed by atoms with Gasteiger partial charge in [0, 0.05) is 11.6 Å². The summed E-state index contributed by atoms with van der Waals surface area (Å²) in [5.41, 5.74) is 0.820. The van der Waals surface area contributed by atoms with Crippen molar-refractivity contribution < 1.29 is 34.1 Å². The number of rotatable bonds is 9. The molecule has 31 heavy (non-hydrogen) atoms. The van der Waals surface area contributed by atoms with E-state index in [1.807, 2.05) is 6.92 Å². The topological polar surface area (TPSA) is 122 Å². The predicted octanol–water partition coefficient (Wildman–Crippen LogP) is 4.07. The first kappa shape index (κ1) is 23.5. The Labute approximate surface area is 180 Å². The molecule has 0 spiro atoms. The number of benzene rings is 2. The Kier molecular flexibility index (Phi) is 8.63. The summed E-state index contributed by atoms with van der Waals surface area (Å²) in [7, 11) is 1.42. The number of nitrogens with one attached hydrogen (secondary N) is 1. The summed E-state index contributed by atoms with van der Waals surface area (Å²) < 4.78 is 10.6. The lowest BCUT2D eigenvalue weighted by Gasteiger charge is -2.25. The maximum Gasteiger partial charge on any atom is 0.414 e. The molecule has 0 aromatic heterocycles. The van der Waals surface area contributed by atoms with Crippen molar-refractivity contribution in [3.8, 4) is 11.5 Å². The number of carboxylic acids is 1. The Bertz CT molecular complexity index is 940. The first-order chi connectivity index (χ1) is 14.8. The highest BCUT2D eigenvalue weighted by Crippen LogP contribution is 2.35. The molecule has 2 atom stereocenters. The summed E-state index contributed by atoms with van der Waals surface area (Å²) in [6.07, 6.45) is 1.79. The van der Waals surface area contributed by atoms with Crippen LogP contribution in [-0.4, -0.2) is 35.3 Å². The minimum Gasteiger partial charge on any atom is -0.504 e. The van der Waals surface area contributed by atoms with E-state index in [-0.39, 0.29) is 17.4 Å². The van der Waals surface area contributed by atoms with Crippen molar-refractivity contribution in [1.29, 1.82) is 0 Å². The van der Waals surface area contributed by atoms with E-state index < -0.39 is 24.1 Å². The number of hydrogen-bond acceptors (Lipinski definition) is 6. The van der Waals surface area contributed by atoms with Gasteiger partial charge in [0.1, 0.15) is 6.10 Å². The molecule has 2 amide bonds. The molecule has 0 unspecified atom stereocenters. The molecule has 0 aliphatic carbocycles. The number of carboxylic acid groups (broad SMARTS) is 1. The Balaban J connectivity index is 2.16.